The minimum Gasteiger partial charge on any atom is -0.481 e. The number of hydrogen-bond donors (Lipinski definition) is 4. The van der Waals surface area contributed by atoms with E-state index < -0.39 is 30.4 Å². The predicted octanol–water partition coefficient (Wildman–Crippen LogP) is 2.90. The standard InChI is InChI=1S/C22H34O6/c1-2-3-4-5-6-9-12-20-19(25)16-21(28-20)18(24)15-14-17(23)11-8-7-10-13-22(26)27/h3-4,6-9,14-15,17-21,23-25H,2,5,10-13,16H2,1H3,(H,26,27)/b4-3-,8-7-,9-6-,15-14+/t17-,18+,19-,20-,21-/m0/s1. The molecule has 1 aliphatic heterocycles. The van der Waals surface area contributed by atoms with E-state index in [1.165, 1.54) is 12.2 Å². The lowest BCUT2D eigenvalue weighted by Crippen LogP contribution is -2.24. The Hall–Kier alpha value is -1.73. The molecule has 1 heterocycles. The van der Waals surface area contributed by atoms with E-state index in [-0.39, 0.29) is 12.5 Å². The van der Waals surface area contributed by atoms with Crippen LogP contribution >= 0.6 is 0 Å². The first-order valence-electron chi connectivity index (χ1n) is 9.98. The molecule has 1 fully saturated rings. The Kier molecular flexibility index (Phi) is 12.4. The summed E-state index contributed by atoms with van der Waals surface area (Å²) in [7, 11) is 0. The van der Waals surface area contributed by atoms with E-state index in [1.54, 1.807) is 12.2 Å². The first-order valence-corrected chi connectivity index (χ1v) is 9.98. The van der Waals surface area contributed by atoms with E-state index in [2.05, 4.69) is 19.1 Å². The molecule has 0 aromatic heterocycles. The highest BCUT2D eigenvalue weighted by Crippen LogP contribution is 2.26. The lowest BCUT2D eigenvalue weighted by Gasteiger charge is -2.16. The number of ether oxygens (including phenoxy) is 1. The summed E-state index contributed by atoms with van der Waals surface area (Å²) in [6, 6.07) is 0. The number of aliphatic hydroxyl groups excluding tert-OH is 3. The number of aliphatic carboxylic acids is 1. The van der Waals surface area contributed by atoms with Crippen LogP contribution in [0.15, 0.2) is 48.6 Å². The third-order valence-electron chi connectivity index (χ3n) is 4.44. The van der Waals surface area contributed by atoms with Gasteiger partial charge in [-0.15, -0.1) is 0 Å². The van der Waals surface area contributed by atoms with Gasteiger partial charge in [0.1, 0.15) is 0 Å². The van der Waals surface area contributed by atoms with Crippen molar-refractivity contribution in [3.05, 3.63) is 48.6 Å². The van der Waals surface area contributed by atoms with Crippen LogP contribution in [0, 0.1) is 0 Å². The molecule has 6 nitrogen and oxygen atoms in total. The second-order valence-electron chi connectivity index (χ2n) is 6.92. The number of allylic oxidation sites excluding steroid dienone is 4. The van der Waals surface area contributed by atoms with Crippen LogP contribution in [-0.2, 0) is 9.53 Å². The Morgan fingerprint density at radius 2 is 1.86 bits per heavy atom. The van der Waals surface area contributed by atoms with Crippen LogP contribution in [0.2, 0.25) is 0 Å². The molecule has 5 atom stereocenters. The Balaban J connectivity index is 2.33. The Morgan fingerprint density at radius 3 is 2.57 bits per heavy atom. The average Bonchev–Trinajstić information content (AvgIpc) is 3.03. The smallest absolute Gasteiger partial charge is 0.303 e. The van der Waals surface area contributed by atoms with Crippen molar-refractivity contribution in [2.24, 2.45) is 0 Å². The van der Waals surface area contributed by atoms with Gasteiger partial charge in [0.25, 0.3) is 0 Å². The Morgan fingerprint density at radius 1 is 1.11 bits per heavy atom. The maximum absolute atomic E-state index is 10.4. The zero-order chi connectivity index (χ0) is 20.8. The van der Waals surface area contributed by atoms with Gasteiger partial charge in [-0.05, 0) is 32.1 Å². The highest BCUT2D eigenvalue weighted by Gasteiger charge is 2.36. The Bertz CT molecular complexity index is 551. The van der Waals surface area contributed by atoms with Crippen LogP contribution in [0.3, 0.4) is 0 Å². The summed E-state index contributed by atoms with van der Waals surface area (Å²) in [6.45, 7) is 2.08. The molecule has 1 saturated heterocycles. The second kappa shape index (κ2) is 14.3. The summed E-state index contributed by atoms with van der Waals surface area (Å²) in [5.41, 5.74) is 0. The molecule has 0 radical (unpaired) electrons. The zero-order valence-corrected chi connectivity index (χ0v) is 16.6. The molecule has 0 amide bonds. The molecule has 158 valence electrons. The lowest BCUT2D eigenvalue weighted by molar-refractivity contribution is -0.136. The summed E-state index contributed by atoms with van der Waals surface area (Å²) in [4.78, 5) is 10.4. The maximum Gasteiger partial charge on any atom is 0.303 e. The van der Waals surface area contributed by atoms with E-state index in [0.29, 0.717) is 25.7 Å². The van der Waals surface area contributed by atoms with Crippen molar-refractivity contribution in [2.75, 3.05) is 0 Å². The molecule has 0 aromatic carbocycles. The first-order chi connectivity index (χ1) is 13.4. The summed E-state index contributed by atoms with van der Waals surface area (Å²) in [6.07, 6.45) is 15.2. The minimum absolute atomic E-state index is 0.0638. The molecular weight excluding hydrogens is 360 g/mol. The van der Waals surface area contributed by atoms with Crippen molar-refractivity contribution in [1.82, 2.24) is 0 Å². The molecule has 1 rings (SSSR count). The van der Waals surface area contributed by atoms with Crippen molar-refractivity contribution >= 4 is 5.97 Å². The highest BCUT2D eigenvalue weighted by molar-refractivity contribution is 5.66. The fourth-order valence-corrected chi connectivity index (χ4v) is 2.87. The molecule has 6 heteroatoms. The number of aliphatic hydroxyl groups is 3. The highest BCUT2D eigenvalue weighted by atomic mass is 16.5. The van der Waals surface area contributed by atoms with Crippen molar-refractivity contribution < 1.29 is 30.0 Å². The van der Waals surface area contributed by atoms with Gasteiger partial charge in [0, 0.05) is 12.8 Å². The van der Waals surface area contributed by atoms with Crippen LogP contribution in [0.1, 0.15) is 51.9 Å². The number of carboxylic acid groups (broad SMARTS) is 1. The molecule has 0 aromatic rings. The molecule has 0 aliphatic carbocycles. The van der Waals surface area contributed by atoms with Gasteiger partial charge in [-0.2, -0.15) is 0 Å². The average molecular weight is 395 g/mol. The topological polar surface area (TPSA) is 107 Å². The van der Waals surface area contributed by atoms with E-state index in [1.807, 2.05) is 12.2 Å². The summed E-state index contributed by atoms with van der Waals surface area (Å²) in [5.74, 6) is -0.853. The van der Waals surface area contributed by atoms with E-state index in [4.69, 9.17) is 9.84 Å². The second-order valence-corrected chi connectivity index (χ2v) is 6.92. The first kappa shape index (κ1) is 24.3. The van der Waals surface area contributed by atoms with Gasteiger partial charge in [0.05, 0.1) is 30.5 Å². The fraction of sp³-hybridized carbons (Fsp3) is 0.591. The van der Waals surface area contributed by atoms with Gasteiger partial charge < -0.3 is 25.2 Å². The number of hydrogen-bond acceptors (Lipinski definition) is 5. The van der Waals surface area contributed by atoms with Crippen LogP contribution < -0.4 is 0 Å². The number of rotatable bonds is 13. The SMILES string of the molecule is CC/C=C\C/C=C\C[C@@H]1O[C@H]([C@H](O)/C=C/[C@@H](O)C/C=C\CCC(=O)O)C[C@@H]1O. The monoisotopic (exact) mass is 394 g/mol. The number of carbonyl (C=O) groups is 1. The molecule has 28 heavy (non-hydrogen) atoms. The Labute approximate surface area is 167 Å². The van der Waals surface area contributed by atoms with E-state index in [9.17, 15) is 20.1 Å². The third-order valence-corrected chi connectivity index (χ3v) is 4.44. The van der Waals surface area contributed by atoms with Crippen LogP contribution in [0.5, 0.6) is 0 Å². The van der Waals surface area contributed by atoms with Crippen molar-refractivity contribution in [2.45, 2.75) is 82.4 Å². The van der Waals surface area contributed by atoms with Gasteiger partial charge in [-0.25, -0.2) is 0 Å². The minimum atomic E-state index is -0.901. The maximum atomic E-state index is 10.4. The van der Waals surface area contributed by atoms with Gasteiger partial charge in [-0.3, -0.25) is 4.79 Å². The van der Waals surface area contributed by atoms with Crippen molar-refractivity contribution in [1.29, 1.82) is 0 Å². The van der Waals surface area contributed by atoms with Gasteiger partial charge in [-0.1, -0.05) is 55.5 Å². The fourth-order valence-electron chi connectivity index (χ4n) is 2.87. The van der Waals surface area contributed by atoms with Crippen LogP contribution in [-0.4, -0.2) is 56.9 Å². The van der Waals surface area contributed by atoms with Crippen LogP contribution in [0.4, 0.5) is 0 Å². The molecule has 0 bridgehead atoms. The van der Waals surface area contributed by atoms with Crippen LogP contribution in [0.25, 0.3) is 0 Å². The summed E-state index contributed by atoms with van der Waals surface area (Å²) < 4.78 is 5.76. The molecule has 0 saturated carbocycles. The lowest BCUT2D eigenvalue weighted by atomic mass is 10.0. The van der Waals surface area contributed by atoms with Crippen molar-refractivity contribution in [3.8, 4) is 0 Å². The molecule has 0 unspecified atom stereocenters. The van der Waals surface area contributed by atoms with Crippen molar-refractivity contribution in [3.63, 3.8) is 0 Å². The summed E-state index contributed by atoms with van der Waals surface area (Å²) in [5, 5.41) is 38.8. The molecular formula is C22H34O6. The molecule has 0 spiro atoms. The number of carboxylic acids is 1. The quantitative estimate of drug-likeness (QED) is 0.358. The predicted molar refractivity (Wildman–Crippen MR) is 109 cm³/mol. The molecule has 4 N–H and O–H groups in total. The van der Waals surface area contributed by atoms with Gasteiger partial charge in [0.2, 0.25) is 0 Å². The normalized spacial score (nSPS) is 25.5. The van der Waals surface area contributed by atoms with Gasteiger partial charge >= 0.3 is 5.97 Å². The zero-order valence-electron chi connectivity index (χ0n) is 16.6. The van der Waals surface area contributed by atoms with E-state index in [0.717, 1.165) is 12.8 Å². The third kappa shape index (κ3) is 10.6. The molecule has 1 aliphatic rings. The largest absolute Gasteiger partial charge is 0.481 e. The summed E-state index contributed by atoms with van der Waals surface area (Å²) >= 11 is 0. The van der Waals surface area contributed by atoms with Gasteiger partial charge in [0.15, 0.2) is 0 Å². The van der Waals surface area contributed by atoms with E-state index >= 15 is 0 Å².